The normalized spacial score (nSPS) is 19.7. The van der Waals surface area contributed by atoms with E-state index >= 15 is 0 Å². The fourth-order valence-corrected chi connectivity index (χ4v) is 11.3. The summed E-state index contributed by atoms with van der Waals surface area (Å²) < 4.78 is 84.8. The van der Waals surface area contributed by atoms with E-state index in [4.69, 9.17) is 38.1 Å². The Morgan fingerprint density at radius 3 is 1.80 bits per heavy atom. The molecule has 450 valence electrons. The molecule has 3 fully saturated rings. The third-order valence-corrected chi connectivity index (χ3v) is 15.6. The van der Waals surface area contributed by atoms with Crippen LogP contribution >= 0.6 is 0 Å². The second-order valence-corrected chi connectivity index (χ2v) is 21.5. The first-order valence-corrected chi connectivity index (χ1v) is 28.6. The number of aromatic nitrogens is 3. The van der Waals surface area contributed by atoms with Gasteiger partial charge in [0.25, 0.3) is 0 Å². The van der Waals surface area contributed by atoms with Crippen molar-refractivity contribution in [1.82, 2.24) is 29.2 Å². The number of hydrogen-bond acceptors (Lipinski definition) is 16. The number of likely N-dealkylation sites (N-methyl/N-ethyl adjacent to an activating group) is 2. The van der Waals surface area contributed by atoms with Crippen LogP contribution in [0.2, 0.25) is 0 Å². The number of carbonyl (C=O) groups excluding carboxylic acids is 4. The van der Waals surface area contributed by atoms with Crippen LogP contribution in [0.15, 0.2) is 115 Å². The third-order valence-electron chi connectivity index (χ3n) is 15.6. The molecule has 5 heterocycles. The van der Waals surface area contributed by atoms with Crippen molar-refractivity contribution in [1.29, 1.82) is 0 Å². The number of piperazine rings is 2. The Bertz CT molecular complexity index is 3470. The number of nitrogens with zero attached hydrogens (tertiary/aromatic N) is 7. The molecule has 0 bridgehead atoms. The molecular weight excluding hydrogens is 1100 g/mol. The van der Waals surface area contributed by atoms with Gasteiger partial charge in [-0.2, -0.15) is 13.2 Å². The zero-order chi connectivity index (χ0) is 59.9. The second-order valence-electron chi connectivity index (χ2n) is 21.5. The van der Waals surface area contributed by atoms with Crippen LogP contribution < -0.4 is 19.9 Å². The minimum atomic E-state index is -5.36. The molecule has 5 atom stereocenters. The Labute approximate surface area is 491 Å². The van der Waals surface area contributed by atoms with Crippen molar-refractivity contribution in [3.05, 3.63) is 115 Å². The number of fused-ring (bicyclic) bond motifs is 3. The van der Waals surface area contributed by atoms with Crippen LogP contribution in [-0.2, 0) is 54.1 Å². The number of ether oxygens (including phenoxy) is 7. The smallest absolute Gasteiger partial charge is 0.471 e. The molecule has 10 rings (SSSR count). The van der Waals surface area contributed by atoms with Crippen LogP contribution in [0.25, 0.3) is 61.4 Å². The first-order chi connectivity index (χ1) is 40.9. The number of carbonyl (C=O) groups is 4. The van der Waals surface area contributed by atoms with Crippen molar-refractivity contribution in [2.45, 2.75) is 71.1 Å². The van der Waals surface area contributed by atoms with E-state index in [1.54, 1.807) is 5.32 Å². The molecule has 1 amide bonds. The van der Waals surface area contributed by atoms with E-state index < -0.39 is 67.2 Å². The molecule has 85 heavy (non-hydrogen) atoms. The molecule has 0 unspecified atom stereocenters. The van der Waals surface area contributed by atoms with Crippen molar-refractivity contribution >= 4 is 57.0 Å². The molecule has 0 aliphatic carbocycles. The monoisotopic (exact) mass is 1170 g/mol. The number of imidazole rings is 1. The van der Waals surface area contributed by atoms with E-state index in [1.165, 1.54) is 11.2 Å². The number of hydrogen-bond donors (Lipinski definition) is 1. The van der Waals surface area contributed by atoms with E-state index in [1.807, 2.05) is 24.3 Å². The summed E-state index contributed by atoms with van der Waals surface area (Å²) >= 11 is 0. The molecule has 7 aromatic rings. The largest absolute Gasteiger partial charge is 0.491 e. The van der Waals surface area contributed by atoms with E-state index in [-0.39, 0.29) is 26.4 Å². The standard InChI is InChI=1S/C63H71F3N8O11/c1-7-73-52-11-9-8-10-50(52)51-38-45(16-25-53(51)73)60-67-55(43-12-17-46(18-13-43)71-30-26-69(5)27-31-71)57(44-14-19-47(20-15-44)72-32-28-70(6)29-33-72)74(60)48-21-23-49(24-22-48)80-36-34-79-35-37-81-61-56(68-62(78)63(64,65)66)59(84-42(4)77)58(83-41(3)76)54(85-61)39-82-40(2)75/h8-25,38,54,56,58-59,61H,7,26-37,39H2,1-6H3,(H,68,78)/t54-,56-,58-,59-,61-/m1/s1. The minimum Gasteiger partial charge on any atom is -0.491 e. The molecule has 2 aromatic heterocycles. The summed E-state index contributed by atoms with van der Waals surface area (Å²) in [7, 11) is 4.31. The quantitative estimate of drug-likeness (QED) is 0.0439. The van der Waals surface area contributed by atoms with E-state index in [0.29, 0.717) is 5.75 Å². The van der Waals surface area contributed by atoms with Crippen LogP contribution in [0.1, 0.15) is 27.7 Å². The Hall–Kier alpha value is -8.02. The predicted molar refractivity (Wildman–Crippen MR) is 315 cm³/mol. The minimum absolute atomic E-state index is 0.0539. The van der Waals surface area contributed by atoms with Gasteiger partial charge in [-0.3, -0.25) is 23.7 Å². The highest BCUT2D eigenvalue weighted by molar-refractivity contribution is 6.09. The number of halogens is 3. The number of nitrogens with one attached hydrogen (secondary N) is 1. The summed E-state index contributed by atoms with van der Waals surface area (Å²) in [6, 6.07) is 38.6. The van der Waals surface area contributed by atoms with E-state index in [2.05, 4.69) is 141 Å². The number of rotatable bonds is 20. The topological polar surface area (TPSA) is 181 Å². The molecule has 0 radical (unpaired) electrons. The second kappa shape index (κ2) is 26.5. The molecule has 3 saturated heterocycles. The maximum Gasteiger partial charge on any atom is 0.471 e. The fraction of sp³-hybridized carbons (Fsp3) is 0.413. The number of benzene rings is 5. The van der Waals surface area contributed by atoms with Gasteiger partial charge in [-0.25, -0.2) is 4.98 Å². The lowest BCUT2D eigenvalue weighted by Gasteiger charge is -2.45. The Balaban J connectivity index is 0.915. The average Bonchev–Trinajstić information content (AvgIpc) is 2.15. The summed E-state index contributed by atoms with van der Waals surface area (Å²) in [5, 5.41) is 4.05. The van der Waals surface area contributed by atoms with Gasteiger partial charge in [0.15, 0.2) is 18.5 Å². The Morgan fingerprint density at radius 2 is 1.20 bits per heavy atom. The van der Waals surface area contributed by atoms with Gasteiger partial charge in [0.1, 0.15) is 36.9 Å². The lowest BCUT2D eigenvalue weighted by molar-refractivity contribution is -0.280. The first-order valence-electron chi connectivity index (χ1n) is 28.6. The van der Waals surface area contributed by atoms with Gasteiger partial charge in [0, 0.05) is 135 Å². The molecule has 19 nitrogen and oxygen atoms in total. The fourth-order valence-electron chi connectivity index (χ4n) is 11.3. The molecule has 0 saturated carbocycles. The Morgan fingerprint density at radius 1 is 0.635 bits per heavy atom. The van der Waals surface area contributed by atoms with Gasteiger partial charge in [-0.05, 0) is 93.8 Å². The van der Waals surface area contributed by atoms with E-state index in [9.17, 15) is 32.3 Å². The Kier molecular flexibility index (Phi) is 18.7. The number of alkyl halides is 3. The number of aryl methyl sites for hydroxylation is 1. The summed E-state index contributed by atoms with van der Waals surface area (Å²) in [6.45, 7) is 13.0. The summed E-state index contributed by atoms with van der Waals surface area (Å²) in [4.78, 5) is 63.7. The van der Waals surface area contributed by atoms with Gasteiger partial charge in [-0.1, -0.05) is 42.5 Å². The lowest BCUT2D eigenvalue weighted by Crippen LogP contribution is -2.67. The number of amides is 1. The van der Waals surface area contributed by atoms with Crippen molar-refractivity contribution < 1.29 is 65.5 Å². The maximum absolute atomic E-state index is 13.6. The number of esters is 3. The highest BCUT2D eigenvalue weighted by Crippen LogP contribution is 2.42. The van der Waals surface area contributed by atoms with Gasteiger partial charge >= 0.3 is 30.0 Å². The lowest BCUT2D eigenvalue weighted by atomic mass is 9.96. The summed E-state index contributed by atoms with van der Waals surface area (Å²) in [6.07, 6.45) is -11.8. The van der Waals surface area contributed by atoms with E-state index in [0.717, 1.165) is 141 Å². The average molecular weight is 1170 g/mol. The molecule has 22 heteroatoms. The van der Waals surface area contributed by atoms with Crippen molar-refractivity contribution in [3.63, 3.8) is 0 Å². The molecule has 3 aliphatic rings. The zero-order valence-corrected chi connectivity index (χ0v) is 48.5. The van der Waals surface area contributed by atoms with Gasteiger partial charge < -0.3 is 62.6 Å². The molecule has 3 aliphatic heterocycles. The van der Waals surface area contributed by atoms with Gasteiger partial charge in [0.2, 0.25) is 0 Å². The molecule has 0 spiro atoms. The van der Waals surface area contributed by atoms with Crippen LogP contribution in [0, 0.1) is 0 Å². The highest BCUT2D eigenvalue weighted by Gasteiger charge is 2.53. The van der Waals surface area contributed by atoms with Crippen molar-refractivity contribution in [3.8, 4) is 45.3 Å². The third kappa shape index (κ3) is 13.9. The van der Waals surface area contributed by atoms with Crippen molar-refractivity contribution in [2.24, 2.45) is 0 Å². The van der Waals surface area contributed by atoms with Crippen LogP contribution in [0.3, 0.4) is 0 Å². The first kappa shape index (κ1) is 60.1. The number of para-hydroxylation sites is 1. The zero-order valence-electron chi connectivity index (χ0n) is 48.5. The highest BCUT2D eigenvalue weighted by atomic mass is 19.4. The summed E-state index contributed by atoms with van der Waals surface area (Å²) in [5.74, 6) is -3.73. The van der Waals surface area contributed by atoms with Crippen LogP contribution in [0.4, 0.5) is 24.5 Å². The summed E-state index contributed by atoms with van der Waals surface area (Å²) in [5.41, 5.74) is 10.2. The maximum atomic E-state index is 13.6. The van der Waals surface area contributed by atoms with Crippen LogP contribution in [-0.4, -0.2) is 184 Å². The number of anilines is 2. The van der Waals surface area contributed by atoms with Gasteiger partial charge in [-0.15, -0.1) is 0 Å². The SMILES string of the molecule is CCn1c2ccccc2c2cc(-c3nc(-c4ccc(N5CCN(C)CC5)cc4)c(-c4ccc(N5CCN(C)CC5)cc4)n3-c3ccc(OCCOCCO[C@@H]4O[C@H](COC(C)=O)[C@@H](OC(C)=O)[C@H](OC(C)=O)[C@H]4NC(=O)C(F)(F)F)cc3)ccc21. The van der Waals surface area contributed by atoms with Crippen molar-refractivity contribution in [2.75, 3.05) is 109 Å². The molecular formula is C63H71F3N8O11. The molecule has 5 aromatic carbocycles. The van der Waals surface area contributed by atoms with Crippen LogP contribution in [0.5, 0.6) is 5.75 Å². The molecule has 1 N–H and O–H groups in total. The van der Waals surface area contributed by atoms with Gasteiger partial charge in [0.05, 0.1) is 31.2 Å². The predicted octanol–water partition coefficient (Wildman–Crippen LogP) is 8.12.